The first kappa shape index (κ1) is 36.1. The minimum atomic E-state index is -1.98. The van der Waals surface area contributed by atoms with E-state index in [9.17, 15) is 34.8 Å². The third kappa shape index (κ3) is 7.81. The molecule has 0 bridgehead atoms. The highest BCUT2D eigenvalue weighted by Gasteiger charge is 2.52. The molecule has 0 aliphatic carbocycles. The van der Waals surface area contributed by atoms with Crippen molar-refractivity contribution in [3.8, 4) is 0 Å². The molecule has 1 aliphatic heterocycles. The first-order chi connectivity index (χ1) is 23.9. The van der Waals surface area contributed by atoms with Gasteiger partial charge >= 0.3 is 0 Å². The first-order valence-electron chi connectivity index (χ1n) is 16.4. The zero-order valence-corrected chi connectivity index (χ0v) is 28.1. The van der Waals surface area contributed by atoms with Crippen molar-refractivity contribution >= 4 is 34.8 Å². The Morgan fingerprint density at radius 1 is 0.920 bits per heavy atom. The van der Waals surface area contributed by atoms with Gasteiger partial charge in [-0.3, -0.25) is 19.1 Å². The molecule has 50 heavy (non-hydrogen) atoms. The van der Waals surface area contributed by atoms with Gasteiger partial charge in [0.2, 0.25) is 0 Å². The molecule has 5 rings (SSSR count). The van der Waals surface area contributed by atoms with Gasteiger partial charge in [-0.2, -0.15) is 0 Å². The average molecular weight is 683 g/mol. The second-order valence-electron chi connectivity index (χ2n) is 12.5. The van der Waals surface area contributed by atoms with Gasteiger partial charge in [-0.05, 0) is 61.7 Å². The molecule has 0 radical (unpaired) electrons. The number of allylic oxidation sites excluding steroid dienone is 1. The summed E-state index contributed by atoms with van der Waals surface area (Å²) in [5.74, 6) is -2.71. The molecule has 4 aromatic rings. The van der Waals surface area contributed by atoms with Gasteiger partial charge in [0.05, 0.1) is 30.5 Å². The van der Waals surface area contributed by atoms with Crippen LogP contribution < -0.4 is 15.5 Å². The Morgan fingerprint density at radius 2 is 1.56 bits per heavy atom. The van der Waals surface area contributed by atoms with Crippen LogP contribution in [0, 0.1) is 5.92 Å². The van der Waals surface area contributed by atoms with E-state index in [1.54, 1.807) is 66.3 Å². The van der Waals surface area contributed by atoms with Crippen molar-refractivity contribution in [3.63, 3.8) is 0 Å². The lowest BCUT2D eigenvalue weighted by atomic mass is 9.82. The van der Waals surface area contributed by atoms with Crippen molar-refractivity contribution in [2.75, 3.05) is 22.1 Å². The van der Waals surface area contributed by atoms with Crippen molar-refractivity contribution in [3.05, 3.63) is 114 Å². The van der Waals surface area contributed by atoms with E-state index < -0.39 is 41.4 Å². The van der Waals surface area contributed by atoms with Crippen molar-refractivity contribution < 1.29 is 34.8 Å². The highest BCUT2D eigenvalue weighted by Crippen LogP contribution is 2.47. The molecule has 2 heterocycles. The fourth-order valence-corrected chi connectivity index (χ4v) is 5.84. The smallest absolute Gasteiger partial charge is 0.264 e. The maximum absolute atomic E-state index is 14.1. The van der Waals surface area contributed by atoms with Crippen LogP contribution in [0.2, 0.25) is 0 Å². The van der Waals surface area contributed by atoms with Crippen LogP contribution in [0.5, 0.6) is 0 Å². The van der Waals surface area contributed by atoms with Crippen LogP contribution in [0.4, 0.5) is 17.1 Å². The number of fused-ring (bicyclic) bond motifs is 1. The second kappa shape index (κ2) is 15.6. The highest BCUT2D eigenvalue weighted by atomic mass is 16.3. The van der Waals surface area contributed by atoms with Crippen LogP contribution in [0.25, 0.3) is 0 Å². The van der Waals surface area contributed by atoms with Gasteiger partial charge in [0.1, 0.15) is 12.2 Å². The Morgan fingerprint density at radius 3 is 2.20 bits per heavy atom. The van der Waals surface area contributed by atoms with E-state index in [1.165, 1.54) is 18.7 Å². The number of nitrogens with one attached hydrogen (secondary N) is 2. The van der Waals surface area contributed by atoms with Crippen molar-refractivity contribution in [1.29, 1.82) is 0 Å². The summed E-state index contributed by atoms with van der Waals surface area (Å²) in [4.78, 5) is 39.7. The Labute approximate surface area is 289 Å². The highest BCUT2D eigenvalue weighted by molar-refractivity contribution is 6.08. The molecule has 0 fully saturated rings. The zero-order chi connectivity index (χ0) is 36.0. The van der Waals surface area contributed by atoms with E-state index in [2.05, 4.69) is 20.9 Å². The third-order valence-electron chi connectivity index (χ3n) is 8.76. The fourth-order valence-electron chi connectivity index (χ4n) is 5.84. The maximum atomic E-state index is 14.1. The fraction of sp³-hybridized carbons (Fsp3) is 0.324. The first-order valence-corrected chi connectivity index (χ1v) is 16.4. The number of rotatable bonds is 14. The van der Waals surface area contributed by atoms with E-state index in [4.69, 9.17) is 0 Å². The summed E-state index contributed by atoms with van der Waals surface area (Å²) in [7, 11) is 0. The normalized spacial score (nSPS) is 18.1. The molecule has 6 N–H and O–H groups in total. The molecule has 0 saturated carbocycles. The van der Waals surface area contributed by atoms with E-state index in [0.29, 0.717) is 41.3 Å². The summed E-state index contributed by atoms with van der Waals surface area (Å²) in [6, 6.07) is 21.2. The van der Waals surface area contributed by atoms with Gasteiger partial charge < -0.3 is 36.0 Å². The Hall–Kier alpha value is -5.21. The summed E-state index contributed by atoms with van der Waals surface area (Å²) >= 11 is 0. The predicted octanol–water partition coefficient (Wildman–Crippen LogP) is 3.06. The number of hydrogen-bond acceptors (Lipinski definition) is 9. The quantitative estimate of drug-likeness (QED) is 0.109. The van der Waals surface area contributed by atoms with Crippen LogP contribution in [-0.4, -0.2) is 72.0 Å². The van der Waals surface area contributed by atoms with Gasteiger partial charge in [0, 0.05) is 35.6 Å². The van der Waals surface area contributed by atoms with Gasteiger partial charge in [0.25, 0.3) is 17.7 Å². The number of amides is 3. The monoisotopic (exact) mass is 682 g/mol. The molecule has 3 amide bonds. The lowest BCUT2D eigenvalue weighted by Gasteiger charge is -2.28. The zero-order valence-electron chi connectivity index (χ0n) is 28.1. The molecule has 13 heteroatoms. The number of aliphatic hydroxyl groups excluding tert-OH is 3. The van der Waals surface area contributed by atoms with Gasteiger partial charge in [-0.15, -0.1) is 5.10 Å². The van der Waals surface area contributed by atoms with Gasteiger partial charge in [0.15, 0.2) is 5.60 Å². The number of hydrogen-bond donors (Lipinski definition) is 6. The second-order valence-corrected chi connectivity index (χ2v) is 12.5. The molecule has 3 aromatic carbocycles. The average Bonchev–Trinajstić information content (AvgIpc) is 3.65. The van der Waals surface area contributed by atoms with E-state index in [-0.39, 0.29) is 19.1 Å². The summed E-state index contributed by atoms with van der Waals surface area (Å²) in [6.45, 7) is 4.92. The number of carbonyl (C=O) groups excluding carboxylic acids is 3. The summed E-state index contributed by atoms with van der Waals surface area (Å²) < 4.78 is 1.68. The predicted molar refractivity (Wildman–Crippen MR) is 187 cm³/mol. The maximum Gasteiger partial charge on any atom is 0.264 e. The number of aliphatic hydroxyl groups is 4. The largest absolute Gasteiger partial charge is 0.395 e. The Balaban J connectivity index is 1.34. The molecule has 0 saturated heterocycles. The topological polar surface area (TPSA) is 190 Å². The summed E-state index contributed by atoms with van der Waals surface area (Å²) in [5, 5.41) is 55.1. The minimum Gasteiger partial charge on any atom is -0.395 e. The molecular formula is C37H42N6O7. The molecule has 5 atom stereocenters. The van der Waals surface area contributed by atoms with Gasteiger partial charge in [-0.25, -0.2) is 0 Å². The van der Waals surface area contributed by atoms with Crippen LogP contribution >= 0.6 is 0 Å². The molecule has 13 nitrogen and oxygen atoms in total. The number of carbonyl (C=O) groups is 3. The van der Waals surface area contributed by atoms with E-state index in [1.807, 2.05) is 36.4 Å². The Bertz CT molecular complexity index is 1840. The summed E-state index contributed by atoms with van der Waals surface area (Å²) in [5.41, 5.74) is 1.90. The van der Waals surface area contributed by atoms with Crippen molar-refractivity contribution in [2.24, 2.45) is 5.92 Å². The van der Waals surface area contributed by atoms with Crippen molar-refractivity contribution in [2.45, 2.75) is 64.0 Å². The number of nitrogens with zero attached hydrogens (tertiary/aromatic N) is 4. The molecule has 1 aliphatic rings. The number of aromatic nitrogens is 3. The standard InChI is InChI=1S/C37H42N6O7/c1-23(9-7-8-18-42-21-32(40-41-42)30(22-44)27-10-5-4-6-11-27)37(50)31-19-29(39-35(48)25(3)46)16-17-33(31)43(36(37)49)20-26-12-14-28(15-13-26)38-34(47)24(2)45/h4-7,9-17,19,21,23-25,30,44-46,50H,8,18,20,22H2,1-3H3,(H,38,47)(H,39,48)/b9-7+/t23-,24-,25-,30?,37+/m0/s1. The number of aryl methyl sites for hydroxylation is 1. The number of benzene rings is 3. The van der Waals surface area contributed by atoms with Crippen LogP contribution in [-0.2, 0) is 33.1 Å². The van der Waals surface area contributed by atoms with Gasteiger partial charge in [-0.1, -0.05) is 66.8 Å². The van der Waals surface area contributed by atoms with E-state index in [0.717, 1.165) is 11.1 Å². The third-order valence-corrected chi connectivity index (χ3v) is 8.76. The SMILES string of the molecule is C[C@H](O)C(=O)Nc1ccc(CN2C(=O)[C@@](O)([C@@H](C)/C=C/CCn3cc(C(CO)c4ccccc4)nn3)c3cc(NC(=O)[C@H](C)O)ccc32)cc1. The minimum absolute atomic E-state index is 0.108. The number of anilines is 3. The molecule has 0 spiro atoms. The Kier molecular flexibility index (Phi) is 11.2. The van der Waals surface area contributed by atoms with Crippen LogP contribution in [0.1, 0.15) is 55.5 Å². The van der Waals surface area contributed by atoms with Crippen molar-refractivity contribution in [1.82, 2.24) is 15.0 Å². The lowest BCUT2D eigenvalue weighted by molar-refractivity contribution is -0.139. The molecule has 1 unspecified atom stereocenters. The molecular weight excluding hydrogens is 640 g/mol. The van der Waals surface area contributed by atoms with E-state index >= 15 is 0 Å². The molecule has 1 aromatic heterocycles. The lowest BCUT2D eigenvalue weighted by Crippen LogP contribution is -2.44. The van der Waals surface area contributed by atoms with Crippen LogP contribution in [0.15, 0.2) is 91.1 Å². The summed E-state index contributed by atoms with van der Waals surface area (Å²) in [6.07, 6.45) is 3.51. The van der Waals surface area contributed by atoms with Crippen LogP contribution in [0.3, 0.4) is 0 Å². The molecule has 262 valence electrons.